The van der Waals surface area contributed by atoms with E-state index in [2.05, 4.69) is 53.6 Å². The van der Waals surface area contributed by atoms with E-state index in [1.165, 1.54) is 11.1 Å². The smallest absolute Gasteiger partial charge is 0.236 e. The van der Waals surface area contributed by atoms with Gasteiger partial charge in [-0.2, -0.15) is 0 Å². The molecular formula is C25H42IN5O2. The van der Waals surface area contributed by atoms with E-state index >= 15 is 0 Å². The van der Waals surface area contributed by atoms with Gasteiger partial charge in [0.2, 0.25) is 5.91 Å². The van der Waals surface area contributed by atoms with Crippen LogP contribution in [-0.2, 0) is 9.53 Å². The third-order valence-corrected chi connectivity index (χ3v) is 6.46. The lowest BCUT2D eigenvalue weighted by Crippen LogP contribution is -2.50. The number of halogens is 1. The molecule has 1 aromatic carbocycles. The predicted octanol–water partition coefficient (Wildman–Crippen LogP) is 3.19. The van der Waals surface area contributed by atoms with Crippen LogP contribution in [0.15, 0.2) is 29.3 Å². The van der Waals surface area contributed by atoms with Gasteiger partial charge in [-0.1, -0.05) is 29.8 Å². The van der Waals surface area contributed by atoms with Gasteiger partial charge in [0.1, 0.15) is 0 Å². The maximum absolute atomic E-state index is 12.0. The third kappa shape index (κ3) is 8.72. The summed E-state index contributed by atoms with van der Waals surface area (Å²) in [5, 5.41) is 7.04. The lowest BCUT2D eigenvalue weighted by molar-refractivity contribution is -0.130. The zero-order chi connectivity index (χ0) is 22.9. The maximum Gasteiger partial charge on any atom is 0.236 e. The van der Waals surface area contributed by atoms with Crippen LogP contribution < -0.4 is 10.6 Å². The summed E-state index contributed by atoms with van der Waals surface area (Å²) in [6, 6.07) is 9.10. The first-order valence-corrected chi connectivity index (χ1v) is 12.1. The van der Waals surface area contributed by atoms with E-state index in [9.17, 15) is 4.79 Å². The summed E-state index contributed by atoms with van der Waals surface area (Å²) in [4.78, 5) is 20.8. The van der Waals surface area contributed by atoms with Crippen molar-refractivity contribution in [3.63, 3.8) is 0 Å². The van der Waals surface area contributed by atoms with Crippen LogP contribution in [0.1, 0.15) is 49.8 Å². The second-order valence-electron chi connectivity index (χ2n) is 9.31. The molecule has 2 N–H and O–H groups in total. The lowest BCUT2D eigenvalue weighted by Gasteiger charge is -2.33. The van der Waals surface area contributed by atoms with Crippen molar-refractivity contribution >= 4 is 35.8 Å². The summed E-state index contributed by atoms with van der Waals surface area (Å²) in [5.74, 6) is 1.45. The number of carbonyl (C=O) groups excluding carboxylic acids is 1. The number of amides is 1. The van der Waals surface area contributed by atoms with Crippen molar-refractivity contribution < 1.29 is 9.53 Å². The molecule has 0 spiro atoms. The molecule has 0 bridgehead atoms. The van der Waals surface area contributed by atoms with Crippen molar-refractivity contribution in [1.82, 2.24) is 20.4 Å². The van der Waals surface area contributed by atoms with E-state index in [1.807, 2.05) is 14.1 Å². The number of likely N-dealkylation sites (N-methyl/N-ethyl adjacent to an activating group) is 1. The fourth-order valence-electron chi connectivity index (χ4n) is 4.44. The van der Waals surface area contributed by atoms with E-state index in [0.29, 0.717) is 18.5 Å². The van der Waals surface area contributed by atoms with Gasteiger partial charge >= 0.3 is 0 Å². The van der Waals surface area contributed by atoms with Crippen molar-refractivity contribution in [3.05, 3.63) is 35.4 Å². The standard InChI is InChI=1S/C25H41N5O2.HI/c1-5-26-25(28-22-12-14-30(15-13-22)18-23(31)29(3)4)27-17-21-7-6-16-32-24(21)20-10-8-19(2)9-11-20;/h8-11,21-22,24H,5-7,12-18H2,1-4H3,(H2,26,27,28);1H. The molecule has 1 amide bonds. The Labute approximate surface area is 216 Å². The van der Waals surface area contributed by atoms with Crippen LogP contribution in [-0.4, -0.2) is 81.1 Å². The van der Waals surface area contributed by atoms with E-state index in [-0.39, 0.29) is 36.0 Å². The highest BCUT2D eigenvalue weighted by molar-refractivity contribution is 14.0. The number of nitrogens with one attached hydrogen (secondary N) is 2. The first kappa shape index (κ1) is 27.9. The van der Waals surface area contributed by atoms with Crippen LogP contribution in [0.5, 0.6) is 0 Å². The predicted molar refractivity (Wildman–Crippen MR) is 145 cm³/mol. The molecule has 0 aromatic heterocycles. The van der Waals surface area contributed by atoms with Crippen molar-refractivity contribution in [2.75, 3.05) is 53.4 Å². The molecule has 2 fully saturated rings. The molecule has 2 atom stereocenters. The first-order valence-electron chi connectivity index (χ1n) is 12.1. The number of likely N-dealkylation sites (tertiary alicyclic amines) is 1. The zero-order valence-electron chi connectivity index (χ0n) is 20.7. The van der Waals surface area contributed by atoms with Crippen molar-refractivity contribution in [2.45, 2.75) is 51.7 Å². The van der Waals surface area contributed by atoms with Gasteiger partial charge in [0.05, 0.1) is 12.6 Å². The SMILES string of the molecule is CCNC(=NCC1CCCOC1c1ccc(C)cc1)NC1CCN(CC(=O)N(C)C)CC1.I. The van der Waals surface area contributed by atoms with E-state index in [4.69, 9.17) is 9.73 Å². The van der Waals surface area contributed by atoms with Gasteiger partial charge in [0.25, 0.3) is 0 Å². The fraction of sp³-hybridized carbons (Fsp3) is 0.680. The van der Waals surface area contributed by atoms with Crippen LogP contribution in [0, 0.1) is 12.8 Å². The summed E-state index contributed by atoms with van der Waals surface area (Å²) >= 11 is 0. The van der Waals surface area contributed by atoms with Gasteiger partial charge < -0.3 is 20.3 Å². The molecule has 0 saturated carbocycles. The second-order valence-corrected chi connectivity index (χ2v) is 9.31. The molecule has 2 aliphatic rings. The number of guanidine groups is 1. The summed E-state index contributed by atoms with van der Waals surface area (Å²) < 4.78 is 6.17. The van der Waals surface area contributed by atoms with Crippen molar-refractivity contribution in [3.8, 4) is 0 Å². The van der Waals surface area contributed by atoms with Crippen LogP contribution in [0.25, 0.3) is 0 Å². The quantitative estimate of drug-likeness (QED) is 0.299. The van der Waals surface area contributed by atoms with E-state index < -0.39 is 0 Å². The number of carbonyl (C=O) groups is 1. The Morgan fingerprint density at radius 2 is 1.88 bits per heavy atom. The Kier molecular flexibility index (Phi) is 11.9. The minimum atomic E-state index is 0. The van der Waals surface area contributed by atoms with Crippen LogP contribution in [0.4, 0.5) is 0 Å². The Morgan fingerprint density at radius 1 is 1.18 bits per heavy atom. The highest BCUT2D eigenvalue weighted by atomic mass is 127. The highest BCUT2D eigenvalue weighted by Gasteiger charge is 2.28. The molecule has 2 unspecified atom stereocenters. The van der Waals surface area contributed by atoms with Crippen molar-refractivity contribution in [1.29, 1.82) is 0 Å². The lowest BCUT2D eigenvalue weighted by atomic mass is 9.89. The summed E-state index contributed by atoms with van der Waals surface area (Å²) in [7, 11) is 3.63. The molecule has 1 aromatic rings. The topological polar surface area (TPSA) is 69.2 Å². The number of aliphatic imine (C=N–C) groups is 1. The molecule has 2 saturated heterocycles. The Hall–Kier alpha value is -1.39. The average Bonchev–Trinajstić information content (AvgIpc) is 2.79. The van der Waals surface area contributed by atoms with Gasteiger partial charge in [-0.25, -0.2) is 0 Å². The first-order chi connectivity index (χ1) is 15.5. The van der Waals surface area contributed by atoms with Crippen LogP contribution >= 0.6 is 24.0 Å². The van der Waals surface area contributed by atoms with Gasteiger partial charge in [-0.05, 0) is 45.1 Å². The van der Waals surface area contributed by atoms with E-state index in [0.717, 1.165) is 64.4 Å². The molecule has 2 aliphatic heterocycles. The zero-order valence-corrected chi connectivity index (χ0v) is 23.0. The Bertz CT molecular complexity index is 748. The molecule has 186 valence electrons. The van der Waals surface area contributed by atoms with Gasteiger partial charge in [-0.3, -0.25) is 14.7 Å². The average molecular weight is 572 g/mol. The number of ether oxygens (including phenoxy) is 1. The number of hydrogen-bond acceptors (Lipinski definition) is 4. The highest BCUT2D eigenvalue weighted by Crippen LogP contribution is 2.34. The Balaban J connectivity index is 0.00000385. The molecule has 8 heteroatoms. The van der Waals surface area contributed by atoms with Crippen molar-refractivity contribution in [2.24, 2.45) is 10.9 Å². The number of benzene rings is 1. The molecule has 33 heavy (non-hydrogen) atoms. The number of nitrogens with zero attached hydrogens (tertiary/aromatic N) is 3. The largest absolute Gasteiger partial charge is 0.373 e. The summed E-state index contributed by atoms with van der Waals surface area (Å²) in [6.07, 6.45) is 4.39. The number of aryl methyl sites for hydroxylation is 1. The van der Waals surface area contributed by atoms with Gasteiger partial charge in [-0.15, -0.1) is 24.0 Å². The fourth-order valence-corrected chi connectivity index (χ4v) is 4.44. The number of rotatable bonds is 7. The molecule has 2 heterocycles. The van der Waals surface area contributed by atoms with Crippen LogP contribution in [0.2, 0.25) is 0 Å². The van der Waals surface area contributed by atoms with Crippen LogP contribution in [0.3, 0.4) is 0 Å². The summed E-state index contributed by atoms with van der Waals surface area (Å²) in [5.41, 5.74) is 2.53. The third-order valence-electron chi connectivity index (χ3n) is 6.46. The minimum Gasteiger partial charge on any atom is -0.373 e. The second kappa shape index (κ2) is 14.1. The Morgan fingerprint density at radius 3 is 2.52 bits per heavy atom. The number of piperidine rings is 1. The molecule has 3 rings (SSSR count). The molecular weight excluding hydrogens is 529 g/mol. The normalized spacial score (nSPS) is 22.4. The monoisotopic (exact) mass is 571 g/mol. The minimum absolute atomic E-state index is 0. The van der Waals surface area contributed by atoms with Gasteiger partial charge in [0.15, 0.2) is 5.96 Å². The molecule has 7 nitrogen and oxygen atoms in total. The summed E-state index contributed by atoms with van der Waals surface area (Å²) in [6.45, 7) is 9.01. The van der Waals surface area contributed by atoms with Gasteiger partial charge in [0, 0.05) is 58.8 Å². The maximum atomic E-state index is 12.0. The molecule has 0 aliphatic carbocycles. The van der Waals surface area contributed by atoms with E-state index in [1.54, 1.807) is 4.90 Å². The number of hydrogen-bond donors (Lipinski definition) is 2. The molecule has 0 radical (unpaired) electrons.